The highest BCUT2D eigenvalue weighted by Gasteiger charge is 2.28. The number of oxazole rings is 1. The molecule has 4 rings (SSSR count). The molecule has 32 heavy (non-hydrogen) atoms. The van der Waals surface area contributed by atoms with E-state index in [9.17, 15) is 4.79 Å². The lowest BCUT2D eigenvalue weighted by molar-refractivity contribution is 0.0706. The van der Waals surface area contributed by atoms with Crippen LogP contribution in [-0.4, -0.2) is 53.9 Å². The summed E-state index contributed by atoms with van der Waals surface area (Å²) >= 11 is 6.07. The number of carbonyl (C=O) groups is 1. The lowest BCUT2D eigenvalue weighted by Crippen LogP contribution is -2.40. The maximum Gasteiger partial charge on any atom is 0.298 e. The van der Waals surface area contributed by atoms with Crippen LogP contribution in [0, 0.1) is 12.3 Å². The smallest absolute Gasteiger partial charge is 0.298 e. The number of aromatic nitrogens is 1. The summed E-state index contributed by atoms with van der Waals surface area (Å²) in [4.78, 5) is 22.1. The third-order valence-electron chi connectivity index (χ3n) is 5.57. The van der Waals surface area contributed by atoms with Gasteiger partial charge < -0.3 is 19.6 Å². The molecule has 166 valence electrons. The molecule has 2 aromatic carbocycles. The molecule has 8 nitrogen and oxygen atoms in total. The van der Waals surface area contributed by atoms with Crippen molar-refractivity contribution in [2.45, 2.75) is 26.3 Å². The molecule has 0 saturated carbocycles. The predicted molar refractivity (Wildman–Crippen MR) is 128 cm³/mol. The van der Waals surface area contributed by atoms with E-state index in [2.05, 4.69) is 27.3 Å². The Morgan fingerprint density at radius 3 is 2.94 bits per heavy atom. The van der Waals surface area contributed by atoms with Crippen molar-refractivity contribution >= 4 is 52.7 Å². The number of fused-ring (bicyclic) bond motifs is 1. The van der Waals surface area contributed by atoms with Gasteiger partial charge in [0, 0.05) is 36.9 Å². The number of nitrogens with zero attached hydrogens (tertiary/aromatic N) is 4. The van der Waals surface area contributed by atoms with Crippen molar-refractivity contribution in [1.29, 1.82) is 5.41 Å². The summed E-state index contributed by atoms with van der Waals surface area (Å²) in [5.74, 6) is -0.0556. The summed E-state index contributed by atoms with van der Waals surface area (Å²) in [6.07, 6.45) is 3.19. The summed E-state index contributed by atoms with van der Waals surface area (Å²) < 4.78 is 5.93. The van der Waals surface area contributed by atoms with Crippen molar-refractivity contribution in [3.05, 3.63) is 52.5 Å². The van der Waals surface area contributed by atoms with E-state index in [4.69, 9.17) is 21.4 Å². The molecule has 1 aliphatic rings. The zero-order valence-electron chi connectivity index (χ0n) is 18.0. The van der Waals surface area contributed by atoms with E-state index in [1.165, 1.54) is 6.21 Å². The summed E-state index contributed by atoms with van der Waals surface area (Å²) in [5.41, 5.74) is 6.44. The molecule has 2 N–H and O–H groups in total. The van der Waals surface area contributed by atoms with E-state index in [1.807, 2.05) is 36.1 Å². The number of halogens is 1. The summed E-state index contributed by atoms with van der Waals surface area (Å²) in [6.45, 7) is 5.89. The summed E-state index contributed by atoms with van der Waals surface area (Å²) in [7, 11) is 0. The average molecular weight is 453 g/mol. The van der Waals surface area contributed by atoms with Crippen LogP contribution in [0.2, 0.25) is 5.02 Å². The number of hydrazone groups is 1. The molecule has 0 aliphatic carbocycles. The van der Waals surface area contributed by atoms with E-state index in [-0.39, 0.29) is 11.9 Å². The fourth-order valence-corrected chi connectivity index (χ4v) is 3.97. The standard InChI is InChI=1S/C23H25ClN6O2/c1-15-3-5-19(28-26-9-8-25)18(13-15)22(31)30-12-11-29(10-7-16(30)2)23-27-20-14-17(24)4-6-21(20)32-23/h3-6,8-9,13-14,16,25,28H,7,10-12H2,1-2H3/b25-8?,26-9-. The molecule has 0 bridgehead atoms. The Hall–Kier alpha value is -3.39. The minimum absolute atomic E-state index is 0.0461. The third kappa shape index (κ3) is 4.60. The second-order valence-corrected chi connectivity index (χ2v) is 8.27. The van der Waals surface area contributed by atoms with Gasteiger partial charge in [-0.25, -0.2) is 0 Å². The molecule has 1 fully saturated rings. The van der Waals surface area contributed by atoms with Crippen molar-refractivity contribution in [1.82, 2.24) is 9.88 Å². The van der Waals surface area contributed by atoms with Gasteiger partial charge in [0.15, 0.2) is 5.58 Å². The third-order valence-corrected chi connectivity index (χ3v) is 5.80. The topological polar surface area (TPSA) is 97.8 Å². The van der Waals surface area contributed by atoms with Gasteiger partial charge in [0.05, 0.1) is 17.5 Å². The maximum absolute atomic E-state index is 13.5. The van der Waals surface area contributed by atoms with Crippen molar-refractivity contribution in [3.63, 3.8) is 0 Å². The number of amides is 1. The van der Waals surface area contributed by atoms with Crippen LogP contribution in [0.4, 0.5) is 11.7 Å². The van der Waals surface area contributed by atoms with Crippen LogP contribution in [0.25, 0.3) is 11.1 Å². The second kappa shape index (κ2) is 9.40. The van der Waals surface area contributed by atoms with Gasteiger partial charge in [-0.3, -0.25) is 10.2 Å². The molecule has 1 atom stereocenters. The molecule has 9 heteroatoms. The average Bonchev–Trinajstić information content (AvgIpc) is 3.09. The Kier molecular flexibility index (Phi) is 6.41. The highest BCUT2D eigenvalue weighted by molar-refractivity contribution is 6.31. The van der Waals surface area contributed by atoms with Crippen LogP contribution in [0.5, 0.6) is 0 Å². The Bertz CT molecular complexity index is 1170. The first-order valence-electron chi connectivity index (χ1n) is 10.5. The van der Waals surface area contributed by atoms with Gasteiger partial charge in [0.1, 0.15) is 5.52 Å². The van der Waals surface area contributed by atoms with E-state index in [0.717, 1.165) is 30.3 Å². The number of hydrogen-bond donors (Lipinski definition) is 2. The van der Waals surface area contributed by atoms with Gasteiger partial charge in [-0.05, 0) is 50.6 Å². The first kappa shape index (κ1) is 21.8. The van der Waals surface area contributed by atoms with Crippen LogP contribution >= 0.6 is 11.6 Å². The van der Waals surface area contributed by atoms with Gasteiger partial charge in [0.25, 0.3) is 11.9 Å². The maximum atomic E-state index is 13.5. The van der Waals surface area contributed by atoms with Crippen LogP contribution in [0.3, 0.4) is 0 Å². The van der Waals surface area contributed by atoms with Gasteiger partial charge in [-0.15, -0.1) is 0 Å². The second-order valence-electron chi connectivity index (χ2n) is 7.84. The molecule has 1 aliphatic heterocycles. The minimum atomic E-state index is -0.0556. The molecule has 1 aromatic heterocycles. The molecule has 0 radical (unpaired) electrons. The Labute approximate surface area is 191 Å². The molecular weight excluding hydrogens is 428 g/mol. The van der Waals surface area contributed by atoms with Gasteiger partial charge in [0.2, 0.25) is 0 Å². The van der Waals surface area contributed by atoms with E-state index in [1.54, 1.807) is 12.1 Å². The number of nitrogens with one attached hydrogen (secondary N) is 2. The van der Waals surface area contributed by atoms with Gasteiger partial charge in [-0.2, -0.15) is 10.1 Å². The lowest BCUT2D eigenvalue weighted by atomic mass is 10.1. The highest BCUT2D eigenvalue weighted by Crippen LogP contribution is 2.27. The van der Waals surface area contributed by atoms with E-state index >= 15 is 0 Å². The van der Waals surface area contributed by atoms with Crippen molar-refractivity contribution in [2.75, 3.05) is 30.0 Å². The molecule has 3 aromatic rings. The lowest BCUT2D eigenvalue weighted by Gasteiger charge is -2.27. The Morgan fingerprint density at radius 1 is 1.28 bits per heavy atom. The first-order chi connectivity index (χ1) is 15.5. The first-order valence-corrected chi connectivity index (χ1v) is 10.8. The van der Waals surface area contributed by atoms with Crippen LogP contribution in [0.15, 0.2) is 45.9 Å². The normalized spacial score (nSPS) is 17.0. The van der Waals surface area contributed by atoms with E-state index < -0.39 is 0 Å². The van der Waals surface area contributed by atoms with E-state index in [0.29, 0.717) is 41.0 Å². The summed E-state index contributed by atoms with van der Waals surface area (Å²) in [5, 5.41) is 11.7. The van der Waals surface area contributed by atoms with Gasteiger partial charge >= 0.3 is 0 Å². The fourth-order valence-electron chi connectivity index (χ4n) is 3.81. The number of anilines is 2. The molecular formula is C23H25ClN6O2. The fraction of sp³-hybridized carbons (Fsp3) is 0.304. The van der Waals surface area contributed by atoms with Crippen molar-refractivity contribution < 1.29 is 9.21 Å². The van der Waals surface area contributed by atoms with Gasteiger partial charge in [-0.1, -0.05) is 23.2 Å². The number of rotatable bonds is 5. The Balaban J connectivity index is 1.55. The number of benzene rings is 2. The molecule has 0 spiro atoms. The minimum Gasteiger partial charge on any atom is -0.423 e. The SMILES string of the molecule is Cc1ccc(N/N=C\C=N)c(C(=O)N2CCN(c3nc4cc(Cl)ccc4o3)CCC2C)c1. The zero-order valence-corrected chi connectivity index (χ0v) is 18.8. The molecule has 1 amide bonds. The zero-order chi connectivity index (χ0) is 22.7. The quantitative estimate of drug-likeness (QED) is 0.436. The van der Waals surface area contributed by atoms with Crippen LogP contribution in [0.1, 0.15) is 29.3 Å². The molecule has 1 unspecified atom stereocenters. The Morgan fingerprint density at radius 2 is 2.12 bits per heavy atom. The predicted octanol–water partition coefficient (Wildman–Crippen LogP) is 4.58. The van der Waals surface area contributed by atoms with Crippen molar-refractivity contribution in [3.8, 4) is 0 Å². The number of aryl methyl sites for hydroxylation is 1. The highest BCUT2D eigenvalue weighted by atomic mass is 35.5. The van der Waals surface area contributed by atoms with Crippen LogP contribution < -0.4 is 10.3 Å². The largest absolute Gasteiger partial charge is 0.423 e. The summed E-state index contributed by atoms with van der Waals surface area (Å²) in [6, 6.07) is 11.6. The molecule has 1 saturated heterocycles. The number of hydrogen-bond acceptors (Lipinski definition) is 7. The molecule has 2 heterocycles. The number of carbonyl (C=O) groups excluding carboxylic acids is 1. The van der Waals surface area contributed by atoms with Crippen molar-refractivity contribution in [2.24, 2.45) is 5.10 Å². The monoisotopic (exact) mass is 452 g/mol. The van der Waals surface area contributed by atoms with Crippen LogP contribution in [-0.2, 0) is 0 Å².